The van der Waals surface area contributed by atoms with Crippen molar-refractivity contribution in [2.45, 2.75) is 18.2 Å². The molecule has 1 aliphatic heterocycles. The lowest BCUT2D eigenvalue weighted by molar-refractivity contribution is -0.122. The zero-order valence-electron chi connectivity index (χ0n) is 11.2. The summed E-state index contributed by atoms with van der Waals surface area (Å²) < 4.78 is 0. The predicted molar refractivity (Wildman–Crippen MR) is 78.2 cm³/mol. The number of thioether (sulfide) groups is 1. The average molecular weight is 292 g/mol. The van der Waals surface area contributed by atoms with E-state index in [9.17, 15) is 14.4 Å². The number of amides is 2. The normalized spacial score (nSPS) is 13.8. The molecule has 0 aliphatic carbocycles. The third-order valence-corrected chi connectivity index (χ3v) is 3.98. The van der Waals surface area contributed by atoms with E-state index in [1.807, 2.05) is 13.0 Å². The summed E-state index contributed by atoms with van der Waals surface area (Å²) in [5, 5.41) is 2.75. The van der Waals surface area contributed by atoms with Gasteiger partial charge in [-0.1, -0.05) is 13.0 Å². The van der Waals surface area contributed by atoms with Crippen molar-refractivity contribution in [3.63, 3.8) is 0 Å². The highest BCUT2D eigenvalue weighted by molar-refractivity contribution is 8.00. The van der Waals surface area contributed by atoms with E-state index in [0.717, 1.165) is 17.6 Å². The number of nitrogens with zero attached hydrogens (tertiary/aromatic N) is 1. The maximum absolute atomic E-state index is 12.0. The molecular weight excluding hydrogens is 276 g/mol. The van der Waals surface area contributed by atoms with Crippen molar-refractivity contribution in [2.24, 2.45) is 0 Å². The van der Waals surface area contributed by atoms with Crippen LogP contribution in [0.5, 0.6) is 0 Å². The minimum absolute atomic E-state index is 0.00525. The van der Waals surface area contributed by atoms with Crippen LogP contribution in [-0.4, -0.2) is 36.9 Å². The second-order valence-corrected chi connectivity index (χ2v) is 5.48. The number of hydrogen-bond acceptors (Lipinski definition) is 4. The Morgan fingerprint density at radius 2 is 2.30 bits per heavy atom. The molecule has 0 unspecified atom stereocenters. The largest absolute Gasteiger partial charge is 0.355 e. The van der Waals surface area contributed by atoms with E-state index >= 15 is 0 Å². The molecule has 2 rings (SSSR count). The molecule has 0 saturated heterocycles. The number of carbonyl (C=O) groups excluding carboxylic acids is 3. The summed E-state index contributed by atoms with van der Waals surface area (Å²) in [7, 11) is 0. The number of carbonyl (C=O) groups is 3. The smallest absolute Gasteiger partial charge is 0.240 e. The monoisotopic (exact) mass is 292 g/mol. The van der Waals surface area contributed by atoms with Crippen LogP contribution < -0.4 is 10.2 Å². The lowest BCUT2D eigenvalue weighted by atomic mass is 10.2. The van der Waals surface area contributed by atoms with Crippen molar-refractivity contribution in [3.8, 4) is 0 Å². The molecule has 1 N–H and O–H groups in total. The Morgan fingerprint density at radius 3 is 3.00 bits per heavy atom. The van der Waals surface area contributed by atoms with Crippen LogP contribution in [0.1, 0.15) is 23.7 Å². The van der Waals surface area contributed by atoms with Crippen molar-refractivity contribution in [1.29, 1.82) is 0 Å². The molecule has 6 heteroatoms. The Hall–Kier alpha value is -1.82. The van der Waals surface area contributed by atoms with Crippen molar-refractivity contribution in [3.05, 3.63) is 23.8 Å². The number of nitrogens with one attached hydrogen (secondary N) is 1. The fourth-order valence-corrected chi connectivity index (χ4v) is 2.85. The van der Waals surface area contributed by atoms with E-state index in [0.29, 0.717) is 23.5 Å². The average Bonchev–Trinajstić information content (AvgIpc) is 2.47. The molecule has 106 valence electrons. The molecule has 0 fully saturated rings. The summed E-state index contributed by atoms with van der Waals surface area (Å²) in [4.78, 5) is 37.0. The van der Waals surface area contributed by atoms with Gasteiger partial charge in [0.15, 0.2) is 0 Å². The van der Waals surface area contributed by atoms with Crippen molar-refractivity contribution in [2.75, 3.05) is 23.7 Å². The Bertz CT molecular complexity index is 545. The van der Waals surface area contributed by atoms with Crippen molar-refractivity contribution in [1.82, 2.24) is 5.32 Å². The Kier molecular flexibility index (Phi) is 4.79. The van der Waals surface area contributed by atoms with Crippen LogP contribution in [0.3, 0.4) is 0 Å². The first-order valence-electron chi connectivity index (χ1n) is 6.44. The number of benzene rings is 1. The minimum atomic E-state index is -0.186. The Morgan fingerprint density at radius 1 is 1.50 bits per heavy atom. The fraction of sp³-hybridized carbons (Fsp3) is 0.357. The van der Waals surface area contributed by atoms with Gasteiger partial charge in [-0.25, -0.2) is 0 Å². The molecule has 1 heterocycles. The van der Waals surface area contributed by atoms with E-state index in [2.05, 4.69) is 5.32 Å². The van der Waals surface area contributed by atoms with Crippen LogP contribution in [0.25, 0.3) is 0 Å². The van der Waals surface area contributed by atoms with Gasteiger partial charge >= 0.3 is 0 Å². The number of fused-ring (bicyclic) bond motifs is 1. The van der Waals surface area contributed by atoms with Crippen LogP contribution in [-0.2, 0) is 9.59 Å². The number of aldehydes is 1. The van der Waals surface area contributed by atoms with E-state index in [-0.39, 0.29) is 18.4 Å². The van der Waals surface area contributed by atoms with Gasteiger partial charge in [-0.3, -0.25) is 14.4 Å². The second-order valence-electron chi connectivity index (χ2n) is 4.46. The standard InChI is InChI=1S/C14H16N2O3S/c1-2-5-15-13(18)7-16-11-6-10(8-17)3-4-12(11)20-9-14(16)19/h3-4,6,8H,2,5,7,9H2,1H3,(H,15,18). The van der Waals surface area contributed by atoms with Gasteiger partial charge in [0.1, 0.15) is 12.8 Å². The molecular formula is C14H16N2O3S. The van der Waals surface area contributed by atoms with E-state index in [1.165, 1.54) is 16.7 Å². The summed E-state index contributed by atoms with van der Waals surface area (Å²) in [6, 6.07) is 5.18. The highest BCUT2D eigenvalue weighted by Crippen LogP contribution is 2.35. The Balaban J connectivity index is 2.22. The minimum Gasteiger partial charge on any atom is -0.355 e. The van der Waals surface area contributed by atoms with Crippen molar-refractivity contribution >= 4 is 35.5 Å². The lowest BCUT2D eigenvalue weighted by Crippen LogP contribution is -2.43. The maximum Gasteiger partial charge on any atom is 0.240 e. The third kappa shape index (κ3) is 3.19. The Labute approximate surface area is 121 Å². The zero-order valence-corrected chi connectivity index (χ0v) is 12.0. The topological polar surface area (TPSA) is 66.5 Å². The summed E-state index contributed by atoms with van der Waals surface area (Å²) >= 11 is 1.43. The molecule has 0 bridgehead atoms. The quantitative estimate of drug-likeness (QED) is 0.834. The molecule has 5 nitrogen and oxygen atoms in total. The van der Waals surface area contributed by atoms with Gasteiger partial charge in [0, 0.05) is 17.0 Å². The predicted octanol–water partition coefficient (Wildman–Crippen LogP) is 1.46. The molecule has 0 spiro atoms. The highest BCUT2D eigenvalue weighted by atomic mass is 32.2. The molecule has 0 aromatic heterocycles. The molecule has 0 radical (unpaired) electrons. The maximum atomic E-state index is 12.0. The zero-order chi connectivity index (χ0) is 14.5. The summed E-state index contributed by atoms with van der Waals surface area (Å²) in [5.41, 5.74) is 1.14. The van der Waals surface area contributed by atoms with Crippen LogP contribution in [0.4, 0.5) is 5.69 Å². The summed E-state index contributed by atoms with van der Waals surface area (Å²) in [5.74, 6) is 0.0147. The van der Waals surface area contributed by atoms with Crippen LogP contribution in [0, 0.1) is 0 Å². The fourth-order valence-electron chi connectivity index (χ4n) is 1.93. The molecule has 2 amide bonds. The molecule has 1 aromatic carbocycles. The van der Waals surface area contributed by atoms with Gasteiger partial charge in [0.2, 0.25) is 11.8 Å². The van der Waals surface area contributed by atoms with Gasteiger partial charge in [0.05, 0.1) is 11.4 Å². The van der Waals surface area contributed by atoms with Crippen LogP contribution in [0.2, 0.25) is 0 Å². The molecule has 0 saturated carbocycles. The van der Waals surface area contributed by atoms with Gasteiger partial charge in [-0.2, -0.15) is 0 Å². The number of hydrogen-bond donors (Lipinski definition) is 1. The number of anilines is 1. The molecule has 0 atom stereocenters. The third-order valence-electron chi connectivity index (χ3n) is 2.94. The van der Waals surface area contributed by atoms with Gasteiger partial charge in [-0.05, 0) is 18.6 Å². The molecule has 1 aromatic rings. The van der Waals surface area contributed by atoms with Crippen molar-refractivity contribution < 1.29 is 14.4 Å². The SMILES string of the molecule is CCCNC(=O)CN1C(=O)CSc2ccc(C=O)cc21. The first-order chi connectivity index (χ1) is 9.65. The number of rotatable bonds is 5. The molecule has 20 heavy (non-hydrogen) atoms. The summed E-state index contributed by atoms with van der Waals surface area (Å²) in [6.07, 6.45) is 1.58. The second kappa shape index (κ2) is 6.56. The van der Waals surface area contributed by atoms with Gasteiger partial charge < -0.3 is 10.2 Å². The van der Waals surface area contributed by atoms with Gasteiger partial charge in [0.25, 0.3) is 0 Å². The van der Waals surface area contributed by atoms with Gasteiger partial charge in [-0.15, -0.1) is 11.8 Å². The lowest BCUT2D eigenvalue weighted by Gasteiger charge is -2.28. The van der Waals surface area contributed by atoms with E-state index < -0.39 is 0 Å². The summed E-state index contributed by atoms with van der Waals surface area (Å²) in [6.45, 7) is 2.56. The van der Waals surface area contributed by atoms with E-state index in [1.54, 1.807) is 12.1 Å². The van der Waals surface area contributed by atoms with E-state index in [4.69, 9.17) is 0 Å². The first-order valence-corrected chi connectivity index (χ1v) is 7.43. The highest BCUT2D eigenvalue weighted by Gasteiger charge is 2.26. The van der Waals surface area contributed by atoms with Crippen LogP contribution >= 0.6 is 11.8 Å². The first kappa shape index (κ1) is 14.6. The van der Waals surface area contributed by atoms with Crippen LogP contribution in [0.15, 0.2) is 23.1 Å². The molecule has 1 aliphatic rings.